The van der Waals surface area contributed by atoms with Gasteiger partial charge in [-0.3, -0.25) is 4.21 Å². The van der Waals surface area contributed by atoms with E-state index in [1.165, 1.54) is 0 Å². The molecule has 0 saturated carbocycles. The van der Waals surface area contributed by atoms with Crippen LogP contribution in [-0.4, -0.2) is 27.7 Å². The first-order chi connectivity index (χ1) is 6.59. The summed E-state index contributed by atoms with van der Waals surface area (Å²) in [7, 11) is -0.765. The zero-order valence-electron chi connectivity index (χ0n) is 7.59. The van der Waals surface area contributed by atoms with E-state index in [0.717, 1.165) is 14.8 Å². The van der Waals surface area contributed by atoms with Crippen molar-refractivity contribution in [2.45, 2.75) is 0 Å². The molecule has 0 aliphatic carbocycles. The van der Waals surface area contributed by atoms with E-state index >= 15 is 0 Å². The van der Waals surface area contributed by atoms with Crippen LogP contribution in [-0.2, 0) is 10.8 Å². The van der Waals surface area contributed by atoms with Gasteiger partial charge in [0.2, 0.25) is 0 Å². The highest BCUT2D eigenvalue weighted by Crippen LogP contribution is 2.22. The fourth-order valence-electron chi connectivity index (χ4n) is 0.858. The number of halogens is 2. The van der Waals surface area contributed by atoms with E-state index in [-0.39, 0.29) is 0 Å². The van der Waals surface area contributed by atoms with Crippen molar-refractivity contribution in [3.63, 3.8) is 0 Å². The van der Waals surface area contributed by atoms with Crippen LogP contribution in [0.25, 0.3) is 0 Å². The number of hydrogen-bond donors (Lipinski definition) is 1. The quantitative estimate of drug-likeness (QED) is 0.914. The van der Waals surface area contributed by atoms with E-state index in [0.29, 0.717) is 12.3 Å². The molecule has 1 aromatic heterocycles. The molecule has 0 saturated heterocycles. The second-order valence-electron chi connectivity index (χ2n) is 2.69. The molecular weight excluding hydrogens is 332 g/mol. The Morgan fingerprint density at radius 1 is 1.57 bits per heavy atom. The molecule has 0 spiro atoms. The molecule has 0 aliphatic rings. The van der Waals surface area contributed by atoms with Crippen molar-refractivity contribution in [2.75, 3.05) is 23.9 Å². The molecule has 6 heteroatoms. The van der Waals surface area contributed by atoms with Gasteiger partial charge >= 0.3 is 0 Å². The number of anilines is 1. The van der Waals surface area contributed by atoms with Gasteiger partial charge < -0.3 is 5.32 Å². The topological polar surface area (TPSA) is 42.0 Å². The van der Waals surface area contributed by atoms with Gasteiger partial charge in [-0.2, -0.15) is 0 Å². The minimum atomic E-state index is -0.765. The summed E-state index contributed by atoms with van der Waals surface area (Å²) in [6, 6.07) is 1.91. The summed E-state index contributed by atoms with van der Waals surface area (Å²) >= 11 is 6.70. The van der Waals surface area contributed by atoms with Crippen LogP contribution in [0.15, 0.2) is 21.2 Å². The maximum Gasteiger partial charge on any atom is 0.140 e. The zero-order valence-corrected chi connectivity index (χ0v) is 11.6. The number of aromatic nitrogens is 1. The Morgan fingerprint density at radius 2 is 2.29 bits per heavy atom. The van der Waals surface area contributed by atoms with Crippen LogP contribution in [0.5, 0.6) is 0 Å². The average molecular weight is 342 g/mol. The van der Waals surface area contributed by atoms with Crippen LogP contribution in [0.4, 0.5) is 5.82 Å². The van der Waals surface area contributed by atoms with E-state index in [1.54, 1.807) is 12.5 Å². The normalized spacial score (nSPS) is 12.5. The molecule has 0 radical (unpaired) electrons. The predicted molar refractivity (Wildman–Crippen MR) is 67.1 cm³/mol. The average Bonchev–Trinajstić information content (AvgIpc) is 2.08. The molecular formula is C8H10Br2N2OS. The van der Waals surface area contributed by atoms with Gasteiger partial charge in [-0.1, -0.05) is 0 Å². The van der Waals surface area contributed by atoms with Crippen molar-refractivity contribution in [1.29, 1.82) is 0 Å². The molecule has 0 fully saturated rings. The molecule has 0 amide bonds. The highest BCUT2D eigenvalue weighted by molar-refractivity contribution is 9.11. The summed E-state index contributed by atoms with van der Waals surface area (Å²) in [6.07, 6.45) is 3.40. The van der Waals surface area contributed by atoms with Crippen LogP contribution in [0, 0.1) is 0 Å². The first-order valence-electron chi connectivity index (χ1n) is 3.94. The fraction of sp³-hybridized carbons (Fsp3) is 0.375. The predicted octanol–water partition coefficient (Wildman–Crippen LogP) is 2.40. The molecule has 1 atom stereocenters. The lowest BCUT2D eigenvalue weighted by molar-refractivity contribution is 0.687. The van der Waals surface area contributed by atoms with Gasteiger partial charge in [0.05, 0.1) is 4.47 Å². The van der Waals surface area contributed by atoms with Gasteiger partial charge in [0, 0.05) is 40.0 Å². The lowest BCUT2D eigenvalue weighted by Gasteiger charge is -2.06. The number of hydrogen-bond acceptors (Lipinski definition) is 3. The van der Waals surface area contributed by atoms with Gasteiger partial charge in [-0.05, 0) is 37.9 Å². The highest BCUT2D eigenvalue weighted by Gasteiger charge is 2.01. The summed E-state index contributed by atoms with van der Waals surface area (Å²) in [5, 5.41) is 3.10. The molecule has 1 N–H and O–H groups in total. The van der Waals surface area contributed by atoms with Gasteiger partial charge in [0.25, 0.3) is 0 Å². The zero-order chi connectivity index (χ0) is 10.6. The summed E-state index contributed by atoms with van der Waals surface area (Å²) in [6.45, 7) is 0.663. The van der Waals surface area contributed by atoms with Gasteiger partial charge in [-0.15, -0.1) is 0 Å². The summed E-state index contributed by atoms with van der Waals surface area (Å²) in [5.74, 6) is 1.41. The van der Waals surface area contributed by atoms with E-state index < -0.39 is 10.8 Å². The minimum absolute atomic E-state index is 0.629. The molecule has 78 valence electrons. The molecule has 0 bridgehead atoms. The Kier molecular flexibility index (Phi) is 5.05. The van der Waals surface area contributed by atoms with Crippen molar-refractivity contribution in [1.82, 2.24) is 4.98 Å². The van der Waals surface area contributed by atoms with E-state index in [2.05, 4.69) is 42.2 Å². The number of nitrogens with zero attached hydrogens (tertiary/aromatic N) is 1. The second kappa shape index (κ2) is 5.82. The first-order valence-corrected chi connectivity index (χ1v) is 7.26. The largest absolute Gasteiger partial charge is 0.368 e. The SMILES string of the molecule is CS(=O)CCNc1ncc(Br)cc1Br. The Balaban J connectivity index is 2.55. The Bertz CT molecular complexity index is 346. The van der Waals surface area contributed by atoms with Crippen LogP contribution < -0.4 is 5.32 Å². The smallest absolute Gasteiger partial charge is 0.140 e. The van der Waals surface area contributed by atoms with Gasteiger partial charge in [-0.25, -0.2) is 4.98 Å². The fourth-order valence-corrected chi connectivity index (χ4v) is 2.38. The molecule has 1 unspecified atom stereocenters. The third-order valence-corrected chi connectivity index (χ3v) is 3.31. The maximum atomic E-state index is 10.8. The number of pyridine rings is 1. The Labute approximate surface area is 102 Å². The van der Waals surface area contributed by atoms with Crippen molar-refractivity contribution < 1.29 is 4.21 Å². The summed E-state index contributed by atoms with van der Waals surface area (Å²) in [5.41, 5.74) is 0. The lowest BCUT2D eigenvalue weighted by Crippen LogP contribution is -2.11. The lowest BCUT2D eigenvalue weighted by atomic mass is 10.4. The molecule has 0 aliphatic heterocycles. The van der Waals surface area contributed by atoms with Crippen LogP contribution in [0.2, 0.25) is 0 Å². The van der Waals surface area contributed by atoms with E-state index in [4.69, 9.17) is 0 Å². The van der Waals surface area contributed by atoms with Crippen molar-refractivity contribution in [3.05, 3.63) is 21.2 Å². The third-order valence-electron chi connectivity index (χ3n) is 1.49. The molecule has 1 heterocycles. The molecule has 14 heavy (non-hydrogen) atoms. The summed E-state index contributed by atoms with van der Waals surface area (Å²) < 4.78 is 12.6. The Morgan fingerprint density at radius 3 is 2.86 bits per heavy atom. The number of rotatable bonds is 4. The monoisotopic (exact) mass is 340 g/mol. The molecule has 1 rings (SSSR count). The van der Waals surface area contributed by atoms with Crippen LogP contribution in [0.3, 0.4) is 0 Å². The Hall–Kier alpha value is 0.0600. The van der Waals surface area contributed by atoms with Gasteiger partial charge in [0.1, 0.15) is 5.82 Å². The van der Waals surface area contributed by atoms with Gasteiger partial charge in [0.15, 0.2) is 0 Å². The first kappa shape index (κ1) is 12.1. The van der Waals surface area contributed by atoms with Crippen LogP contribution in [0.1, 0.15) is 0 Å². The maximum absolute atomic E-state index is 10.8. The van der Waals surface area contributed by atoms with E-state index in [1.807, 2.05) is 6.07 Å². The summed E-state index contributed by atoms with van der Waals surface area (Å²) in [4.78, 5) is 4.17. The molecule has 0 aromatic carbocycles. The standard InChI is InChI=1S/C8H10Br2N2OS/c1-14(13)3-2-11-8-7(10)4-6(9)5-12-8/h4-5H,2-3H2,1H3,(H,11,12). The van der Waals surface area contributed by atoms with Crippen molar-refractivity contribution in [2.24, 2.45) is 0 Å². The third kappa shape index (κ3) is 4.06. The van der Waals surface area contributed by atoms with Crippen molar-refractivity contribution in [3.8, 4) is 0 Å². The highest BCUT2D eigenvalue weighted by atomic mass is 79.9. The molecule has 1 aromatic rings. The second-order valence-corrected chi connectivity index (χ2v) is 6.01. The number of nitrogens with one attached hydrogen (secondary N) is 1. The minimum Gasteiger partial charge on any atom is -0.368 e. The van der Waals surface area contributed by atoms with Crippen molar-refractivity contribution >= 4 is 48.5 Å². The van der Waals surface area contributed by atoms with E-state index in [9.17, 15) is 4.21 Å². The van der Waals surface area contributed by atoms with Crippen LogP contribution >= 0.6 is 31.9 Å². The molecule has 3 nitrogen and oxygen atoms in total.